The first-order valence-electron chi connectivity index (χ1n) is 11.0. The number of pyridine rings is 1. The molecule has 0 saturated carbocycles. The Kier molecular flexibility index (Phi) is 6.45. The van der Waals surface area contributed by atoms with Crippen LogP contribution in [0.1, 0.15) is 51.4 Å². The van der Waals surface area contributed by atoms with Crippen molar-refractivity contribution < 1.29 is 9.84 Å². The van der Waals surface area contributed by atoms with E-state index in [9.17, 15) is 5.11 Å². The van der Waals surface area contributed by atoms with Crippen LogP contribution in [0, 0.1) is 5.92 Å². The number of ether oxygens (including phenoxy) is 1. The van der Waals surface area contributed by atoms with E-state index in [0.717, 1.165) is 56.5 Å². The van der Waals surface area contributed by atoms with Gasteiger partial charge in [-0.2, -0.15) is 0 Å². The summed E-state index contributed by atoms with van der Waals surface area (Å²) in [7, 11) is 0. The van der Waals surface area contributed by atoms with Gasteiger partial charge >= 0.3 is 0 Å². The van der Waals surface area contributed by atoms with Gasteiger partial charge in [-0.15, -0.1) is 11.3 Å². The lowest BCUT2D eigenvalue weighted by molar-refractivity contribution is -0.0402. The Labute approximate surface area is 192 Å². The molecular formula is C23H32N4O2S2. The van der Waals surface area contributed by atoms with Crippen LogP contribution in [0.3, 0.4) is 0 Å². The van der Waals surface area contributed by atoms with E-state index in [0.29, 0.717) is 19.1 Å². The van der Waals surface area contributed by atoms with Crippen molar-refractivity contribution in [2.45, 2.75) is 64.8 Å². The first kappa shape index (κ1) is 22.7. The number of hydrogen-bond donors (Lipinski definition) is 1. The van der Waals surface area contributed by atoms with E-state index >= 15 is 0 Å². The van der Waals surface area contributed by atoms with E-state index in [1.54, 1.807) is 23.1 Å². The molecule has 3 aromatic rings. The van der Waals surface area contributed by atoms with Crippen molar-refractivity contribution in [2.24, 2.45) is 5.92 Å². The highest BCUT2D eigenvalue weighted by Crippen LogP contribution is 2.43. The topological polar surface area (TPSA) is 71.4 Å². The van der Waals surface area contributed by atoms with Crippen LogP contribution in [0.5, 0.6) is 0 Å². The molecule has 0 unspecified atom stereocenters. The number of aliphatic hydroxyl groups excluding tert-OH is 1. The second kappa shape index (κ2) is 8.81. The second-order valence-electron chi connectivity index (χ2n) is 9.14. The van der Waals surface area contributed by atoms with Gasteiger partial charge in [-0.25, -0.2) is 15.0 Å². The maximum Gasteiger partial charge on any atom is 0.189 e. The monoisotopic (exact) mass is 460 g/mol. The molecule has 8 heteroatoms. The van der Waals surface area contributed by atoms with Gasteiger partial charge in [0.15, 0.2) is 11.0 Å². The number of aromatic nitrogens is 3. The van der Waals surface area contributed by atoms with Crippen LogP contribution < -0.4 is 4.90 Å². The van der Waals surface area contributed by atoms with E-state index < -0.39 is 0 Å². The fraction of sp³-hybridized carbons (Fsp3) is 0.609. The zero-order chi connectivity index (χ0) is 22.3. The van der Waals surface area contributed by atoms with E-state index in [1.165, 1.54) is 11.1 Å². The third kappa shape index (κ3) is 4.27. The minimum absolute atomic E-state index is 0.0938. The van der Waals surface area contributed by atoms with Crippen molar-refractivity contribution in [3.8, 4) is 0 Å². The first-order chi connectivity index (χ1) is 14.8. The summed E-state index contributed by atoms with van der Waals surface area (Å²) in [5, 5.41) is 11.5. The molecule has 31 heavy (non-hydrogen) atoms. The van der Waals surface area contributed by atoms with Crippen LogP contribution in [0.25, 0.3) is 20.4 Å². The normalized spacial score (nSPS) is 15.7. The van der Waals surface area contributed by atoms with Gasteiger partial charge in [-0.1, -0.05) is 25.6 Å². The minimum Gasteiger partial charge on any atom is -0.395 e. The average molecular weight is 461 g/mol. The molecule has 0 radical (unpaired) electrons. The summed E-state index contributed by atoms with van der Waals surface area (Å²) in [6.45, 7) is 12.9. The molecular weight excluding hydrogens is 428 g/mol. The molecule has 0 fully saturated rings. The third-order valence-electron chi connectivity index (χ3n) is 5.77. The van der Waals surface area contributed by atoms with Crippen LogP contribution in [0.15, 0.2) is 5.16 Å². The number of thioether (sulfide) groups is 1. The maximum atomic E-state index is 9.59. The summed E-state index contributed by atoms with van der Waals surface area (Å²) >= 11 is 3.23. The van der Waals surface area contributed by atoms with Crippen molar-refractivity contribution in [2.75, 3.05) is 30.9 Å². The van der Waals surface area contributed by atoms with Gasteiger partial charge in [0.25, 0.3) is 0 Å². The summed E-state index contributed by atoms with van der Waals surface area (Å²) in [5.41, 5.74) is 4.51. The molecule has 0 spiro atoms. The van der Waals surface area contributed by atoms with Gasteiger partial charge < -0.3 is 14.7 Å². The predicted octanol–water partition coefficient (Wildman–Crippen LogP) is 4.83. The standard InChI is InChI=1S/C23H32N4O2S2/c1-7-27(8-9-28)20-19-18(25-22(26-20)30-6)17-14-11-23(4,5)29-12-15(14)16(10-13(2)3)24-21(17)31-19/h13,28H,7-12H2,1-6H3. The molecule has 1 aliphatic rings. The Morgan fingerprint density at radius 3 is 2.65 bits per heavy atom. The van der Waals surface area contributed by atoms with Crippen molar-refractivity contribution in [3.05, 3.63) is 16.8 Å². The lowest BCUT2D eigenvalue weighted by Crippen LogP contribution is -2.33. The van der Waals surface area contributed by atoms with E-state index in [2.05, 4.69) is 39.5 Å². The van der Waals surface area contributed by atoms with Gasteiger partial charge in [0, 0.05) is 36.2 Å². The number of thiophene rings is 1. The predicted molar refractivity (Wildman–Crippen MR) is 131 cm³/mol. The summed E-state index contributed by atoms with van der Waals surface area (Å²) in [6, 6.07) is 0. The Bertz CT molecular complexity index is 1110. The lowest BCUT2D eigenvalue weighted by atomic mass is 9.88. The first-order valence-corrected chi connectivity index (χ1v) is 13.0. The van der Waals surface area contributed by atoms with Crippen LogP contribution >= 0.6 is 23.1 Å². The second-order valence-corrected chi connectivity index (χ2v) is 10.9. The zero-order valence-corrected chi connectivity index (χ0v) is 20.9. The molecule has 3 aromatic heterocycles. The maximum absolute atomic E-state index is 9.59. The van der Waals surface area contributed by atoms with E-state index in [-0.39, 0.29) is 12.2 Å². The van der Waals surface area contributed by atoms with Gasteiger partial charge in [0.2, 0.25) is 0 Å². The smallest absolute Gasteiger partial charge is 0.189 e. The van der Waals surface area contributed by atoms with Crippen LogP contribution in [0.4, 0.5) is 5.82 Å². The average Bonchev–Trinajstić information content (AvgIpc) is 3.08. The van der Waals surface area contributed by atoms with Crippen molar-refractivity contribution >= 4 is 49.3 Å². The molecule has 0 saturated heterocycles. The van der Waals surface area contributed by atoms with Crippen LogP contribution in [-0.2, 0) is 24.2 Å². The number of fused-ring (bicyclic) bond motifs is 5. The summed E-state index contributed by atoms with van der Waals surface area (Å²) in [6.07, 6.45) is 3.80. The molecule has 0 atom stereocenters. The Balaban J connectivity index is 2.06. The van der Waals surface area contributed by atoms with E-state index in [4.69, 9.17) is 19.7 Å². The number of rotatable bonds is 7. The largest absolute Gasteiger partial charge is 0.395 e. The van der Waals surface area contributed by atoms with Gasteiger partial charge in [-0.3, -0.25) is 0 Å². The zero-order valence-electron chi connectivity index (χ0n) is 19.3. The Morgan fingerprint density at radius 2 is 2.00 bits per heavy atom. The molecule has 0 aliphatic carbocycles. The Morgan fingerprint density at radius 1 is 1.23 bits per heavy atom. The van der Waals surface area contributed by atoms with Gasteiger partial charge in [0.05, 0.1) is 29.0 Å². The van der Waals surface area contributed by atoms with Crippen LogP contribution in [-0.4, -0.2) is 51.6 Å². The molecule has 0 bridgehead atoms. The number of likely N-dealkylation sites (N-methyl/N-ethyl adjacent to an activating group) is 1. The van der Waals surface area contributed by atoms with Gasteiger partial charge in [-0.05, 0) is 44.9 Å². The number of hydrogen-bond acceptors (Lipinski definition) is 8. The number of anilines is 1. The molecule has 4 rings (SSSR count). The lowest BCUT2D eigenvalue weighted by Gasteiger charge is -2.33. The molecule has 1 aliphatic heterocycles. The molecule has 1 N–H and O–H groups in total. The Hall–Kier alpha value is -1.48. The van der Waals surface area contributed by atoms with Crippen LogP contribution in [0.2, 0.25) is 0 Å². The quantitative estimate of drug-likeness (QED) is 0.400. The SMILES string of the molecule is CCN(CCO)c1nc(SC)nc2c1sc1nc(CC(C)C)c3c(c12)CC(C)(C)OC3. The molecule has 168 valence electrons. The van der Waals surface area contributed by atoms with E-state index in [1.807, 2.05) is 6.26 Å². The highest BCUT2D eigenvalue weighted by atomic mass is 32.2. The fourth-order valence-corrected chi connectivity index (χ4v) is 5.84. The van der Waals surface area contributed by atoms with Crippen molar-refractivity contribution in [3.63, 3.8) is 0 Å². The summed E-state index contributed by atoms with van der Waals surface area (Å²) < 4.78 is 7.26. The molecule has 6 nitrogen and oxygen atoms in total. The third-order valence-corrected chi connectivity index (χ3v) is 7.39. The van der Waals surface area contributed by atoms with Crippen molar-refractivity contribution in [1.82, 2.24) is 15.0 Å². The number of nitrogens with zero attached hydrogens (tertiary/aromatic N) is 4. The molecule has 4 heterocycles. The molecule has 0 aromatic carbocycles. The minimum atomic E-state index is -0.213. The summed E-state index contributed by atoms with van der Waals surface area (Å²) in [4.78, 5) is 18.1. The van der Waals surface area contributed by atoms with Gasteiger partial charge in [0.1, 0.15) is 4.83 Å². The highest BCUT2D eigenvalue weighted by molar-refractivity contribution is 7.98. The highest BCUT2D eigenvalue weighted by Gasteiger charge is 2.32. The fourth-order valence-electron chi connectivity index (χ4n) is 4.30. The number of aliphatic hydroxyl groups is 1. The summed E-state index contributed by atoms with van der Waals surface area (Å²) in [5.74, 6) is 1.43. The molecule has 0 amide bonds. The van der Waals surface area contributed by atoms with Crippen molar-refractivity contribution in [1.29, 1.82) is 0 Å².